The first-order chi connectivity index (χ1) is 27.0. The number of hydrogen-bond acceptors (Lipinski definition) is 0. The zero-order valence-electron chi connectivity index (χ0n) is 32.9. The molecule has 0 spiro atoms. The van der Waals surface area contributed by atoms with Crippen molar-refractivity contribution in [3.63, 3.8) is 0 Å². The summed E-state index contributed by atoms with van der Waals surface area (Å²) in [6, 6.07) is 50.5. The van der Waals surface area contributed by atoms with Crippen molar-refractivity contribution in [2.24, 2.45) is 0 Å². The summed E-state index contributed by atoms with van der Waals surface area (Å²) in [5.74, 6) is 0. The molecule has 0 unspecified atom stereocenters. The molecule has 0 radical (unpaired) electrons. The average Bonchev–Trinajstić information content (AvgIpc) is 3.49. The first kappa shape index (κ1) is 39.5. The van der Waals surface area contributed by atoms with Crippen LogP contribution in [0.25, 0.3) is 55.6 Å². The van der Waals surface area contributed by atoms with Crippen LogP contribution in [-0.4, -0.2) is 0 Å². The van der Waals surface area contributed by atoms with Gasteiger partial charge >= 0.3 is 0 Å². The Labute approximate surface area is 348 Å². The molecule has 0 N–H and O–H groups in total. The van der Waals surface area contributed by atoms with E-state index in [-0.39, 0.29) is 5.41 Å². The minimum Gasteiger partial charge on any atom is -0.0654 e. The summed E-state index contributed by atoms with van der Waals surface area (Å²) in [4.78, 5) is 0. The molecule has 2 heteroatoms. The normalized spacial score (nSPS) is 12.8. The van der Waals surface area contributed by atoms with Gasteiger partial charge in [-0.2, -0.15) is 0 Å². The summed E-state index contributed by atoms with van der Waals surface area (Å²) in [7, 11) is 0. The van der Waals surface area contributed by atoms with Crippen LogP contribution in [0.15, 0.2) is 142 Å². The van der Waals surface area contributed by atoms with Crippen molar-refractivity contribution in [1.82, 2.24) is 0 Å². The van der Waals surface area contributed by atoms with Gasteiger partial charge in [0, 0.05) is 14.4 Å². The van der Waals surface area contributed by atoms with Crippen LogP contribution in [0.5, 0.6) is 0 Å². The summed E-state index contributed by atoms with van der Waals surface area (Å²) in [6.45, 7) is 4.64. The van der Waals surface area contributed by atoms with E-state index in [0.717, 1.165) is 8.95 Å². The highest BCUT2D eigenvalue weighted by Gasteiger charge is 2.42. The van der Waals surface area contributed by atoms with Gasteiger partial charge < -0.3 is 0 Å². The summed E-state index contributed by atoms with van der Waals surface area (Å²) in [6.07, 6.45) is 18.3. The van der Waals surface area contributed by atoms with Gasteiger partial charge in [0.25, 0.3) is 0 Å². The maximum Gasteiger partial charge on any atom is 0.0215 e. The summed E-state index contributed by atoms with van der Waals surface area (Å²) in [5.41, 5.74) is 16.2. The fourth-order valence-corrected chi connectivity index (χ4v) is 9.46. The van der Waals surface area contributed by atoms with Crippen molar-refractivity contribution in [2.75, 3.05) is 0 Å². The number of fused-ring (bicyclic) bond motifs is 3. The van der Waals surface area contributed by atoms with Gasteiger partial charge in [0.1, 0.15) is 0 Å². The van der Waals surface area contributed by atoms with Crippen LogP contribution < -0.4 is 0 Å². The molecular weight excluding hydrogens is 796 g/mol. The van der Waals surface area contributed by atoms with Gasteiger partial charge in [0.2, 0.25) is 0 Å². The topological polar surface area (TPSA) is 0 Å². The highest BCUT2D eigenvalue weighted by Crippen LogP contribution is 2.56. The highest BCUT2D eigenvalue weighted by atomic mass is 79.9. The Morgan fingerprint density at radius 2 is 0.600 bits per heavy atom. The predicted molar refractivity (Wildman–Crippen MR) is 246 cm³/mol. The van der Waals surface area contributed by atoms with E-state index < -0.39 is 0 Å². The van der Waals surface area contributed by atoms with Gasteiger partial charge in [0.05, 0.1) is 0 Å². The summed E-state index contributed by atoms with van der Waals surface area (Å²) in [5, 5.41) is 0. The summed E-state index contributed by atoms with van der Waals surface area (Å²) >= 11 is 7.18. The van der Waals surface area contributed by atoms with E-state index in [1.165, 1.54) is 146 Å². The molecule has 0 atom stereocenters. The van der Waals surface area contributed by atoms with Crippen molar-refractivity contribution >= 4 is 31.9 Å². The Kier molecular flexibility index (Phi) is 13.6. The van der Waals surface area contributed by atoms with Crippen LogP contribution in [0.3, 0.4) is 0 Å². The first-order valence-corrected chi connectivity index (χ1v) is 22.6. The molecule has 6 aromatic rings. The third-order valence-corrected chi connectivity index (χ3v) is 13.1. The smallest absolute Gasteiger partial charge is 0.0215 e. The second-order valence-corrected chi connectivity index (χ2v) is 17.6. The van der Waals surface area contributed by atoms with E-state index in [4.69, 9.17) is 0 Å². The van der Waals surface area contributed by atoms with Gasteiger partial charge in [-0.15, -0.1) is 0 Å². The predicted octanol–water partition coefficient (Wildman–Crippen LogP) is 17.6. The zero-order chi connectivity index (χ0) is 38.0. The van der Waals surface area contributed by atoms with E-state index in [2.05, 4.69) is 179 Å². The number of benzene rings is 6. The van der Waals surface area contributed by atoms with Crippen LogP contribution in [-0.2, 0) is 5.41 Å². The number of rotatable bonds is 18. The number of hydrogen-bond donors (Lipinski definition) is 0. The van der Waals surface area contributed by atoms with Gasteiger partial charge in [-0.1, -0.05) is 220 Å². The number of unbranched alkanes of at least 4 members (excludes halogenated alkanes) is 10. The van der Waals surface area contributed by atoms with Crippen LogP contribution in [0.1, 0.15) is 115 Å². The molecule has 7 rings (SSSR count). The van der Waals surface area contributed by atoms with Crippen molar-refractivity contribution in [3.8, 4) is 55.6 Å². The fraction of sp³-hybridized carbons (Fsp3) is 0.321. The van der Waals surface area contributed by atoms with E-state index >= 15 is 0 Å². The van der Waals surface area contributed by atoms with Crippen LogP contribution in [0, 0.1) is 0 Å². The van der Waals surface area contributed by atoms with Crippen molar-refractivity contribution in [3.05, 3.63) is 154 Å². The minimum absolute atomic E-state index is 0.0148. The minimum atomic E-state index is 0.0148. The lowest BCUT2D eigenvalue weighted by Gasteiger charge is -2.33. The maximum absolute atomic E-state index is 3.59. The molecule has 1 aliphatic carbocycles. The lowest BCUT2D eigenvalue weighted by Crippen LogP contribution is -2.25. The lowest BCUT2D eigenvalue weighted by molar-refractivity contribution is 0.398. The molecule has 282 valence electrons. The third kappa shape index (κ3) is 9.30. The molecule has 0 fully saturated rings. The molecule has 0 amide bonds. The van der Waals surface area contributed by atoms with E-state index in [1.54, 1.807) is 11.1 Å². The maximum atomic E-state index is 3.59. The summed E-state index contributed by atoms with van der Waals surface area (Å²) < 4.78 is 2.22. The molecule has 0 heterocycles. The van der Waals surface area contributed by atoms with E-state index in [1.807, 2.05) is 0 Å². The molecule has 0 saturated carbocycles. The van der Waals surface area contributed by atoms with E-state index in [9.17, 15) is 0 Å². The molecule has 1 aliphatic rings. The molecule has 6 aromatic carbocycles. The standard InChI is InChI=1S/C53H56Br2/c1-3-5-7-9-11-13-35-53(36-14-12-10-8-6-4-2)51-37-45(43-19-15-39(16-20-43)41-23-29-47(54)30-24-41)27-33-49(51)50-34-28-46(38-52(50)53)44-21-17-40(18-22-44)42-25-31-48(55)32-26-42/h15-34,37-38H,3-14,35-36H2,1-2H3. The van der Waals surface area contributed by atoms with Crippen LogP contribution in [0.2, 0.25) is 0 Å². The second kappa shape index (κ2) is 18.9. The largest absolute Gasteiger partial charge is 0.0654 e. The third-order valence-electron chi connectivity index (χ3n) is 12.1. The Morgan fingerprint density at radius 3 is 0.945 bits per heavy atom. The fourth-order valence-electron chi connectivity index (χ4n) is 8.93. The second-order valence-electron chi connectivity index (χ2n) is 15.8. The Morgan fingerprint density at radius 1 is 0.327 bits per heavy atom. The average molecular weight is 853 g/mol. The van der Waals surface area contributed by atoms with Crippen LogP contribution in [0.4, 0.5) is 0 Å². The van der Waals surface area contributed by atoms with Gasteiger partial charge in [-0.3, -0.25) is 0 Å². The van der Waals surface area contributed by atoms with Crippen molar-refractivity contribution in [2.45, 2.75) is 109 Å². The first-order valence-electron chi connectivity index (χ1n) is 21.0. The van der Waals surface area contributed by atoms with Gasteiger partial charge in [-0.25, -0.2) is 0 Å². The lowest BCUT2D eigenvalue weighted by atomic mass is 9.70. The van der Waals surface area contributed by atoms with Crippen molar-refractivity contribution < 1.29 is 0 Å². The quantitative estimate of drug-likeness (QED) is 0.0756. The Balaban J connectivity index is 1.26. The van der Waals surface area contributed by atoms with Crippen molar-refractivity contribution in [1.29, 1.82) is 0 Å². The molecule has 0 nitrogen and oxygen atoms in total. The molecule has 55 heavy (non-hydrogen) atoms. The molecular formula is C53H56Br2. The van der Waals surface area contributed by atoms with Crippen LogP contribution >= 0.6 is 31.9 Å². The van der Waals surface area contributed by atoms with E-state index in [0.29, 0.717) is 0 Å². The highest BCUT2D eigenvalue weighted by molar-refractivity contribution is 9.10. The molecule has 0 saturated heterocycles. The molecule has 0 aliphatic heterocycles. The molecule has 0 bridgehead atoms. The van der Waals surface area contributed by atoms with Gasteiger partial charge in [0.15, 0.2) is 0 Å². The Hall–Kier alpha value is -3.72. The zero-order valence-corrected chi connectivity index (χ0v) is 36.0. The monoisotopic (exact) mass is 850 g/mol. The molecule has 0 aromatic heterocycles. The Bertz CT molecular complexity index is 1970. The number of halogens is 2. The SMILES string of the molecule is CCCCCCCCC1(CCCCCCCC)c2cc(-c3ccc(-c4ccc(Br)cc4)cc3)ccc2-c2ccc(-c3ccc(-c4ccc(Br)cc4)cc3)cc21. The van der Waals surface area contributed by atoms with Gasteiger partial charge in [-0.05, 0) is 116 Å².